The highest BCUT2D eigenvalue weighted by Crippen LogP contribution is 2.27. The van der Waals surface area contributed by atoms with E-state index in [0.29, 0.717) is 6.04 Å². The number of rotatable bonds is 2. The van der Waals surface area contributed by atoms with Crippen LogP contribution in [0.25, 0.3) is 0 Å². The summed E-state index contributed by atoms with van der Waals surface area (Å²) < 4.78 is 5.44. The highest BCUT2D eigenvalue weighted by Gasteiger charge is 2.30. The third kappa shape index (κ3) is 4.85. The Morgan fingerprint density at radius 2 is 1.67 bits per heavy atom. The Balaban J connectivity index is 1.75. The van der Waals surface area contributed by atoms with Crippen molar-refractivity contribution in [2.75, 3.05) is 32.7 Å². The normalized spacial score (nSPS) is 28.5. The summed E-state index contributed by atoms with van der Waals surface area (Å²) in [6, 6.07) is 0.689. The number of nitrogens with zero attached hydrogens (tertiary/aromatic N) is 2. The quantitative estimate of drug-likeness (QED) is 0.847. The minimum atomic E-state index is -0.408. The molecule has 1 heterocycles. The van der Waals surface area contributed by atoms with Crippen LogP contribution in [0, 0.1) is 5.92 Å². The summed E-state index contributed by atoms with van der Waals surface area (Å²) in [4.78, 5) is 16.4. The number of carbonyl (C=O) groups excluding carboxylic acids is 1. The van der Waals surface area contributed by atoms with Crippen molar-refractivity contribution in [3.05, 3.63) is 0 Å². The zero-order chi connectivity index (χ0) is 15.5. The zero-order valence-corrected chi connectivity index (χ0v) is 13.8. The summed E-state index contributed by atoms with van der Waals surface area (Å²) in [6.07, 6.45) is 4.86. The van der Waals surface area contributed by atoms with Gasteiger partial charge in [-0.25, -0.2) is 4.79 Å². The van der Waals surface area contributed by atoms with Gasteiger partial charge in [0.05, 0.1) is 0 Å². The van der Waals surface area contributed by atoms with Crippen molar-refractivity contribution in [2.45, 2.75) is 58.1 Å². The van der Waals surface area contributed by atoms with Gasteiger partial charge in [0.2, 0.25) is 0 Å². The maximum atomic E-state index is 12.0. The largest absolute Gasteiger partial charge is 0.444 e. The second kappa shape index (κ2) is 6.97. The van der Waals surface area contributed by atoms with E-state index in [0.717, 1.165) is 38.6 Å². The standard InChI is InChI=1S/C16H31N3O2/c1-16(2,3)21-15(20)19-10-8-18(9-11-19)14-6-4-13(12-17)5-7-14/h13-14H,4-12,17H2,1-3H3/t13-,14-. The van der Waals surface area contributed by atoms with Crippen molar-refractivity contribution < 1.29 is 9.53 Å². The van der Waals surface area contributed by atoms with E-state index < -0.39 is 5.60 Å². The van der Waals surface area contributed by atoms with Crippen LogP contribution in [0.15, 0.2) is 0 Å². The molecule has 1 aliphatic heterocycles. The first-order chi connectivity index (χ1) is 9.89. The summed E-state index contributed by atoms with van der Waals surface area (Å²) in [5, 5.41) is 0. The first kappa shape index (κ1) is 16.6. The molecule has 2 fully saturated rings. The maximum absolute atomic E-state index is 12.0. The summed E-state index contributed by atoms with van der Waals surface area (Å²) in [5.74, 6) is 0.726. The molecule has 21 heavy (non-hydrogen) atoms. The summed E-state index contributed by atoms with van der Waals surface area (Å²) in [5.41, 5.74) is 5.35. The highest BCUT2D eigenvalue weighted by atomic mass is 16.6. The molecule has 0 aromatic rings. The number of hydrogen-bond donors (Lipinski definition) is 1. The van der Waals surface area contributed by atoms with Gasteiger partial charge >= 0.3 is 6.09 Å². The third-order valence-electron chi connectivity index (χ3n) is 4.63. The zero-order valence-electron chi connectivity index (χ0n) is 13.8. The van der Waals surface area contributed by atoms with Gasteiger partial charge in [-0.1, -0.05) is 0 Å². The van der Waals surface area contributed by atoms with Gasteiger partial charge in [-0.15, -0.1) is 0 Å². The van der Waals surface area contributed by atoms with Gasteiger partial charge in [0, 0.05) is 32.2 Å². The molecule has 0 unspecified atom stereocenters. The van der Waals surface area contributed by atoms with Gasteiger partial charge in [-0.2, -0.15) is 0 Å². The molecule has 1 saturated carbocycles. The van der Waals surface area contributed by atoms with Crippen LogP contribution in [0.4, 0.5) is 4.79 Å². The molecule has 0 aromatic carbocycles. The Bertz CT molecular complexity index is 338. The van der Waals surface area contributed by atoms with E-state index in [2.05, 4.69) is 4.90 Å². The minimum absolute atomic E-state index is 0.172. The average Bonchev–Trinajstić information content (AvgIpc) is 2.46. The number of ether oxygens (including phenoxy) is 1. The Morgan fingerprint density at radius 1 is 1.10 bits per heavy atom. The molecule has 1 saturated heterocycles. The molecule has 1 amide bonds. The fourth-order valence-electron chi connectivity index (χ4n) is 3.34. The smallest absolute Gasteiger partial charge is 0.410 e. The van der Waals surface area contributed by atoms with Gasteiger partial charge in [0.25, 0.3) is 0 Å². The van der Waals surface area contributed by atoms with Crippen LogP contribution in [0.3, 0.4) is 0 Å². The number of amides is 1. The van der Waals surface area contributed by atoms with Gasteiger partial charge in [-0.3, -0.25) is 4.90 Å². The predicted molar refractivity (Wildman–Crippen MR) is 84.2 cm³/mol. The Hall–Kier alpha value is -0.810. The fourth-order valence-corrected chi connectivity index (χ4v) is 3.34. The number of piperazine rings is 1. The molecule has 2 aliphatic rings. The minimum Gasteiger partial charge on any atom is -0.444 e. The van der Waals surface area contributed by atoms with Gasteiger partial charge in [0.15, 0.2) is 0 Å². The number of hydrogen-bond acceptors (Lipinski definition) is 4. The van der Waals surface area contributed by atoms with E-state index in [-0.39, 0.29) is 6.09 Å². The Labute approximate surface area is 128 Å². The van der Waals surface area contributed by atoms with E-state index in [4.69, 9.17) is 10.5 Å². The summed E-state index contributed by atoms with van der Waals surface area (Å²) in [7, 11) is 0. The second-order valence-electron chi connectivity index (χ2n) is 7.41. The lowest BCUT2D eigenvalue weighted by Gasteiger charge is -2.42. The highest BCUT2D eigenvalue weighted by molar-refractivity contribution is 5.68. The van der Waals surface area contributed by atoms with E-state index in [1.165, 1.54) is 25.7 Å². The molecule has 1 aliphatic carbocycles. The molecule has 0 spiro atoms. The van der Waals surface area contributed by atoms with Gasteiger partial charge in [-0.05, 0) is 58.9 Å². The second-order valence-corrected chi connectivity index (χ2v) is 7.41. The molecule has 5 heteroatoms. The van der Waals surface area contributed by atoms with Crippen molar-refractivity contribution in [1.82, 2.24) is 9.80 Å². The predicted octanol–water partition coefficient (Wildman–Crippen LogP) is 2.06. The topological polar surface area (TPSA) is 58.8 Å². The third-order valence-corrected chi connectivity index (χ3v) is 4.63. The SMILES string of the molecule is CC(C)(C)OC(=O)N1CCN([C@H]2CC[C@H](CN)CC2)CC1. The van der Waals surface area contributed by atoms with Gasteiger partial charge in [0.1, 0.15) is 5.60 Å². The van der Waals surface area contributed by atoms with E-state index >= 15 is 0 Å². The van der Waals surface area contributed by atoms with Crippen molar-refractivity contribution in [3.63, 3.8) is 0 Å². The van der Waals surface area contributed by atoms with Crippen molar-refractivity contribution in [1.29, 1.82) is 0 Å². The van der Waals surface area contributed by atoms with Crippen LogP contribution >= 0.6 is 0 Å². The lowest BCUT2D eigenvalue weighted by Crippen LogP contribution is -2.53. The molecule has 122 valence electrons. The number of carbonyl (C=O) groups is 1. The molecule has 2 N–H and O–H groups in total. The van der Waals surface area contributed by atoms with Crippen LogP contribution in [0.5, 0.6) is 0 Å². The Kier molecular flexibility index (Phi) is 5.49. The van der Waals surface area contributed by atoms with Crippen LogP contribution in [0.2, 0.25) is 0 Å². The van der Waals surface area contributed by atoms with E-state index in [9.17, 15) is 4.79 Å². The van der Waals surface area contributed by atoms with Crippen molar-refractivity contribution in [3.8, 4) is 0 Å². The molecule has 5 nitrogen and oxygen atoms in total. The van der Waals surface area contributed by atoms with Crippen LogP contribution < -0.4 is 5.73 Å². The maximum Gasteiger partial charge on any atom is 0.410 e. The lowest BCUT2D eigenvalue weighted by molar-refractivity contribution is 0.00728. The lowest BCUT2D eigenvalue weighted by atomic mass is 9.85. The average molecular weight is 297 g/mol. The molecule has 2 rings (SSSR count). The summed E-state index contributed by atoms with van der Waals surface area (Å²) in [6.45, 7) is 10.1. The molecule has 0 bridgehead atoms. The molecule has 0 aromatic heterocycles. The fraction of sp³-hybridized carbons (Fsp3) is 0.938. The van der Waals surface area contributed by atoms with E-state index in [1.54, 1.807) is 0 Å². The first-order valence-electron chi connectivity index (χ1n) is 8.31. The Morgan fingerprint density at radius 3 is 2.14 bits per heavy atom. The monoisotopic (exact) mass is 297 g/mol. The summed E-state index contributed by atoms with van der Waals surface area (Å²) >= 11 is 0. The van der Waals surface area contributed by atoms with Crippen LogP contribution in [0.1, 0.15) is 46.5 Å². The van der Waals surface area contributed by atoms with Crippen molar-refractivity contribution >= 4 is 6.09 Å². The first-order valence-corrected chi connectivity index (χ1v) is 8.31. The molecule has 0 atom stereocenters. The molecular weight excluding hydrogens is 266 g/mol. The van der Waals surface area contributed by atoms with E-state index in [1.807, 2.05) is 25.7 Å². The molecular formula is C16H31N3O2. The van der Waals surface area contributed by atoms with Crippen LogP contribution in [-0.2, 0) is 4.74 Å². The molecule has 0 radical (unpaired) electrons. The van der Waals surface area contributed by atoms with Crippen LogP contribution in [-0.4, -0.2) is 60.3 Å². The van der Waals surface area contributed by atoms with Crippen molar-refractivity contribution in [2.24, 2.45) is 11.7 Å². The van der Waals surface area contributed by atoms with Gasteiger partial charge < -0.3 is 15.4 Å². The number of nitrogens with two attached hydrogens (primary N) is 1.